The molecule has 1 unspecified atom stereocenters. The first-order valence-corrected chi connectivity index (χ1v) is 11.9. The van der Waals surface area contributed by atoms with E-state index in [9.17, 15) is 17.2 Å². The minimum absolute atomic E-state index is 0.0138. The Bertz CT molecular complexity index is 804. The molecule has 1 fully saturated rings. The molecule has 2 N–H and O–H groups in total. The van der Waals surface area contributed by atoms with Gasteiger partial charge in [0.05, 0.1) is 11.8 Å². The number of nitrogens with one attached hydrogen (secondary N) is 2. The molecular formula is C20H33F2N5O2S. The van der Waals surface area contributed by atoms with E-state index in [4.69, 9.17) is 0 Å². The fourth-order valence-corrected chi connectivity index (χ4v) is 5.16. The summed E-state index contributed by atoms with van der Waals surface area (Å²) >= 11 is 0. The molecule has 1 saturated heterocycles. The van der Waals surface area contributed by atoms with E-state index in [1.807, 2.05) is 6.92 Å². The Morgan fingerprint density at radius 2 is 1.87 bits per heavy atom. The lowest BCUT2D eigenvalue weighted by Gasteiger charge is -2.33. The van der Waals surface area contributed by atoms with Crippen LogP contribution in [0.1, 0.15) is 37.8 Å². The van der Waals surface area contributed by atoms with Crippen molar-refractivity contribution in [1.82, 2.24) is 19.8 Å². The molecule has 170 valence electrons. The standard InChI is InChI=1S/C20H33F2N5O2S/c1-5-13-30(28,29)27-11-9-15(10-12-27)25-20(23-2)24-14-18(26(3)4)19-16(21)7-6-8-17(19)22/h6-8,15,18H,5,9-14H2,1-4H3,(H2,23,24,25). The van der Waals surface area contributed by atoms with Crippen LogP contribution >= 0.6 is 0 Å². The highest BCUT2D eigenvalue weighted by Crippen LogP contribution is 2.24. The number of sulfonamides is 1. The number of aliphatic imine (C=N–C) groups is 1. The van der Waals surface area contributed by atoms with Crippen molar-refractivity contribution in [2.24, 2.45) is 4.99 Å². The molecule has 1 heterocycles. The number of hydrogen-bond acceptors (Lipinski definition) is 4. The summed E-state index contributed by atoms with van der Waals surface area (Å²) in [6.07, 6.45) is 1.94. The van der Waals surface area contributed by atoms with E-state index < -0.39 is 27.7 Å². The maximum Gasteiger partial charge on any atom is 0.214 e. The topological polar surface area (TPSA) is 77.0 Å². The van der Waals surface area contributed by atoms with Crippen LogP contribution in [0, 0.1) is 11.6 Å². The molecule has 0 aliphatic carbocycles. The van der Waals surface area contributed by atoms with Gasteiger partial charge >= 0.3 is 0 Å². The van der Waals surface area contributed by atoms with Crippen molar-refractivity contribution < 1.29 is 17.2 Å². The van der Waals surface area contributed by atoms with Gasteiger partial charge in [-0.2, -0.15) is 0 Å². The molecule has 0 radical (unpaired) electrons. The van der Waals surface area contributed by atoms with Crippen molar-refractivity contribution in [3.8, 4) is 0 Å². The lowest BCUT2D eigenvalue weighted by atomic mass is 10.0. The molecule has 2 rings (SSSR count). The monoisotopic (exact) mass is 445 g/mol. The molecule has 7 nitrogen and oxygen atoms in total. The summed E-state index contributed by atoms with van der Waals surface area (Å²) in [5.74, 6) is -0.473. The minimum Gasteiger partial charge on any atom is -0.354 e. The maximum absolute atomic E-state index is 14.2. The quantitative estimate of drug-likeness (QED) is 0.472. The molecule has 30 heavy (non-hydrogen) atoms. The fourth-order valence-electron chi connectivity index (χ4n) is 3.62. The Labute approximate surface area is 178 Å². The lowest BCUT2D eigenvalue weighted by molar-refractivity contribution is 0.280. The fraction of sp³-hybridized carbons (Fsp3) is 0.650. The predicted molar refractivity (Wildman–Crippen MR) is 116 cm³/mol. The van der Waals surface area contributed by atoms with Crippen LogP contribution in [0.5, 0.6) is 0 Å². The first-order chi connectivity index (χ1) is 14.2. The van der Waals surface area contributed by atoms with Crippen molar-refractivity contribution in [2.45, 2.75) is 38.3 Å². The molecular weight excluding hydrogens is 412 g/mol. The zero-order valence-electron chi connectivity index (χ0n) is 18.2. The van der Waals surface area contributed by atoms with Gasteiger partial charge in [-0.25, -0.2) is 21.5 Å². The third-order valence-electron chi connectivity index (χ3n) is 5.29. The second-order valence-corrected chi connectivity index (χ2v) is 9.79. The van der Waals surface area contributed by atoms with Crippen LogP contribution in [0.25, 0.3) is 0 Å². The van der Waals surface area contributed by atoms with E-state index in [1.165, 1.54) is 18.2 Å². The SMILES string of the molecule is CCCS(=O)(=O)N1CCC(NC(=NC)NCC(c2c(F)cccc2F)N(C)C)CC1. The Morgan fingerprint density at radius 3 is 2.37 bits per heavy atom. The summed E-state index contributed by atoms with van der Waals surface area (Å²) in [6, 6.07) is 3.41. The third-order valence-corrected chi connectivity index (χ3v) is 7.37. The Kier molecular flexibility index (Phi) is 8.99. The summed E-state index contributed by atoms with van der Waals surface area (Å²) in [6.45, 7) is 3.06. The van der Waals surface area contributed by atoms with Crippen LogP contribution in [0.15, 0.2) is 23.2 Å². The van der Waals surface area contributed by atoms with Crippen LogP contribution < -0.4 is 10.6 Å². The van der Waals surface area contributed by atoms with Gasteiger partial charge in [0.1, 0.15) is 11.6 Å². The van der Waals surface area contributed by atoms with Gasteiger partial charge in [0.15, 0.2) is 5.96 Å². The molecule has 1 aliphatic heterocycles. The largest absolute Gasteiger partial charge is 0.354 e. The molecule has 0 bridgehead atoms. The van der Waals surface area contributed by atoms with Crippen molar-refractivity contribution in [3.63, 3.8) is 0 Å². The van der Waals surface area contributed by atoms with Gasteiger partial charge in [-0.1, -0.05) is 13.0 Å². The van der Waals surface area contributed by atoms with Crippen LogP contribution in [0.2, 0.25) is 0 Å². The van der Waals surface area contributed by atoms with Gasteiger partial charge in [-0.3, -0.25) is 4.99 Å². The summed E-state index contributed by atoms with van der Waals surface area (Å²) in [5, 5.41) is 6.44. The Hall–Kier alpha value is -1.78. The maximum atomic E-state index is 14.2. The number of nitrogens with zero attached hydrogens (tertiary/aromatic N) is 3. The summed E-state index contributed by atoms with van der Waals surface area (Å²) in [7, 11) is 1.98. The average Bonchev–Trinajstić information content (AvgIpc) is 2.69. The molecule has 1 aliphatic rings. The van der Waals surface area contributed by atoms with Crippen LogP contribution in [0.3, 0.4) is 0 Å². The van der Waals surface area contributed by atoms with Crippen LogP contribution in [-0.2, 0) is 10.0 Å². The molecule has 10 heteroatoms. The second-order valence-electron chi connectivity index (χ2n) is 7.70. The third kappa shape index (κ3) is 6.36. The smallest absolute Gasteiger partial charge is 0.214 e. The van der Waals surface area contributed by atoms with E-state index in [-0.39, 0.29) is 23.9 Å². The molecule has 0 aromatic heterocycles. The summed E-state index contributed by atoms with van der Waals surface area (Å²) in [5.41, 5.74) is 0.0138. The van der Waals surface area contributed by atoms with Crippen LogP contribution in [-0.4, -0.2) is 76.2 Å². The number of hydrogen-bond donors (Lipinski definition) is 2. The first-order valence-electron chi connectivity index (χ1n) is 10.2. The minimum atomic E-state index is -3.18. The van der Waals surface area contributed by atoms with Gasteiger partial charge in [-0.15, -0.1) is 0 Å². The number of likely N-dealkylation sites (N-methyl/N-ethyl adjacent to an activating group) is 1. The summed E-state index contributed by atoms with van der Waals surface area (Å²) < 4.78 is 54.4. The first kappa shape index (κ1) is 24.5. The molecule has 1 aromatic rings. The van der Waals surface area contributed by atoms with E-state index in [0.717, 1.165) is 0 Å². The van der Waals surface area contributed by atoms with Crippen molar-refractivity contribution in [2.75, 3.05) is 46.5 Å². The number of halogens is 2. The van der Waals surface area contributed by atoms with Crippen molar-refractivity contribution in [1.29, 1.82) is 0 Å². The van der Waals surface area contributed by atoms with E-state index in [2.05, 4.69) is 15.6 Å². The summed E-state index contributed by atoms with van der Waals surface area (Å²) in [4.78, 5) is 5.95. The highest BCUT2D eigenvalue weighted by molar-refractivity contribution is 7.89. The van der Waals surface area contributed by atoms with Gasteiger partial charge in [0, 0.05) is 38.3 Å². The van der Waals surface area contributed by atoms with Gasteiger partial charge in [0.25, 0.3) is 0 Å². The highest BCUT2D eigenvalue weighted by Gasteiger charge is 2.28. The molecule has 0 saturated carbocycles. The Balaban J connectivity index is 1.95. The Morgan fingerprint density at radius 1 is 1.27 bits per heavy atom. The normalized spacial score (nSPS) is 17.9. The highest BCUT2D eigenvalue weighted by atomic mass is 32.2. The van der Waals surface area contributed by atoms with E-state index in [1.54, 1.807) is 30.3 Å². The second kappa shape index (κ2) is 11.0. The number of rotatable bonds is 8. The van der Waals surface area contributed by atoms with Gasteiger partial charge < -0.3 is 15.5 Å². The molecule has 1 atom stereocenters. The van der Waals surface area contributed by atoms with Gasteiger partial charge in [0.2, 0.25) is 10.0 Å². The van der Waals surface area contributed by atoms with E-state index in [0.29, 0.717) is 38.3 Å². The number of guanidine groups is 1. The van der Waals surface area contributed by atoms with Crippen LogP contribution in [0.4, 0.5) is 8.78 Å². The van der Waals surface area contributed by atoms with Gasteiger partial charge in [-0.05, 0) is 45.5 Å². The number of piperidine rings is 1. The molecule has 0 amide bonds. The predicted octanol–water partition coefficient (Wildman–Crippen LogP) is 1.94. The zero-order valence-corrected chi connectivity index (χ0v) is 19.0. The zero-order chi connectivity index (χ0) is 22.3. The average molecular weight is 446 g/mol. The van der Waals surface area contributed by atoms with E-state index >= 15 is 0 Å². The molecule has 1 aromatic carbocycles. The van der Waals surface area contributed by atoms with Crippen molar-refractivity contribution in [3.05, 3.63) is 35.4 Å². The number of benzene rings is 1. The lowest BCUT2D eigenvalue weighted by Crippen LogP contribution is -2.51. The van der Waals surface area contributed by atoms with Crippen molar-refractivity contribution >= 4 is 16.0 Å². The molecule has 0 spiro atoms.